The minimum absolute atomic E-state index is 0.226. The molecule has 0 aliphatic heterocycles. The largest absolute Gasteiger partial charge is 0.326 e. The summed E-state index contributed by atoms with van der Waals surface area (Å²) < 4.78 is 1.44. The minimum atomic E-state index is 0.226. The molecule has 2 rings (SSSR count). The van der Waals surface area contributed by atoms with E-state index in [1.165, 1.54) is 10.7 Å². The van der Waals surface area contributed by atoms with Gasteiger partial charge >= 0.3 is 0 Å². The van der Waals surface area contributed by atoms with Crippen molar-refractivity contribution < 1.29 is 0 Å². The lowest BCUT2D eigenvalue weighted by Gasteiger charge is -2.03. The Morgan fingerprint density at radius 2 is 1.88 bits per heavy atom. The molecule has 1 heterocycles. The topological polar surface area (TPSA) is 91.4 Å². The Labute approximate surface area is 98.3 Å². The Morgan fingerprint density at radius 3 is 2.41 bits per heavy atom. The average molecular weight is 223 g/mol. The minimum Gasteiger partial charge on any atom is -0.326 e. The average Bonchev–Trinajstić information content (AvgIpc) is 2.82. The molecule has 0 radical (unpaired) electrons. The quantitative estimate of drug-likeness (QED) is 0.824. The smallest absolute Gasteiger partial charge is 0.164 e. The molecule has 2 aromatic rings. The lowest BCUT2D eigenvalue weighted by atomic mass is 10.2. The number of benzene rings is 1. The summed E-state index contributed by atoms with van der Waals surface area (Å²) in [5.74, 6) is 0. The van der Waals surface area contributed by atoms with Gasteiger partial charge in [-0.05, 0) is 17.7 Å². The van der Waals surface area contributed by atoms with Crippen LogP contribution >= 0.6 is 0 Å². The van der Waals surface area contributed by atoms with Gasteiger partial charge in [0.25, 0.3) is 0 Å². The number of aromatic nitrogens is 2. The van der Waals surface area contributed by atoms with Crippen molar-refractivity contribution in [3.05, 3.63) is 47.3 Å². The third-order valence-corrected chi connectivity index (χ3v) is 2.36. The van der Waals surface area contributed by atoms with Crippen LogP contribution in [0.2, 0.25) is 0 Å². The van der Waals surface area contributed by atoms with Crippen LogP contribution in [0.15, 0.2) is 30.3 Å². The molecule has 0 aliphatic carbocycles. The van der Waals surface area contributed by atoms with Gasteiger partial charge in [-0.15, -0.1) is 0 Å². The maximum Gasteiger partial charge on any atom is 0.164 e. The Hall–Kier alpha value is -2.63. The van der Waals surface area contributed by atoms with Gasteiger partial charge in [0.1, 0.15) is 17.8 Å². The lowest BCUT2D eigenvalue weighted by Crippen LogP contribution is -2.01. The molecule has 17 heavy (non-hydrogen) atoms. The van der Waals surface area contributed by atoms with E-state index in [0.29, 0.717) is 12.2 Å². The van der Waals surface area contributed by atoms with Gasteiger partial charge in [-0.1, -0.05) is 12.1 Å². The summed E-state index contributed by atoms with van der Waals surface area (Å²) in [7, 11) is 0. The van der Waals surface area contributed by atoms with E-state index >= 15 is 0 Å². The van der Waals surface area contributed by atoms with Crippen molar-refractivity contribution in [3.8, 4) is 17.8 Å². The highest BCUT2D eigenvalue weighted by molar-refractivity contribution is 5.41. The number of nitrogens with zero attached hydrogens (tertiary/aromatic N) is 4. The standard InChI is InChI=1S/C12H9N5/c13-6-9-1-3-11(4-2-9)17-12(8-15)5-10(7-14)16-17/h1-5H,6,13H2. The van der Waals surface area contributed by atoms with Crippen molar-refractivity contribution in [2.45, 2.75) is 6.54 Å². The summed E-state index contributed by atoms with van der Waals surface area (Å²) in [6, 6.07) is 12.7. The fourth-order valence-corrected chi connectivity index (χ4v) is 1.49. The fourth-order valence-electron chi connectivity index (χ4n) is 1.49. The number of nitrogens with two attached hydrogens (primary N) is 1. The van der Waals surface area contributed by atoms with Crippen LogP contribution in [0, 0.1) is 22.7 Å². The zero-order chi connectivity index (χ0) is 12.3. The summed E-state index contributed by atoms with van der Waals surface area (Å²) in [6.45, 7) is 0.466. The van der Waals surface area contributed by atoms with Gasteiger partial charge < -0.3 is 5.73 Å². The SMILES string of the molecule is N#Cc1cc(C#N)n(-c2ccc(CN)cc2)n1. The van der Waals surface area contributed by atoms with E-state index < -0.39 is 0 Å². The first kappa shape index (κ1) is 10.9. The van der Waals surface area contributed by atoms with Crippen LogP contribution in [0.3, 0.4) is 0 Å². The van der Waals surface area contributed by atoms with Crippen LogP contribution in [0.25, 0.3) is 5.69 Å². The zero-order valence-corrected chi connectivity index (χ0v) is 8.96. The highest BCUT2D eigenvalue weighted by Crippen LogP contribution is 2.12. The molecule has 0 aliphatic rings. The first-order chi connectivity index (χ1) is 8.28. The van der Waals surface area contributed by atoms with Gasteiger partial charge in [0.05, 0.1) is 5.69 Å². The summed E-state index contributed by atoms with van der Waals surface area (Å²) in [6.07, 6.45) is 0. The number of rotatable bonds is 2. The molecule has 0 spiro atoms. The zero-order valence-electron chi connectivity index (χ0n) is 8.96. The number of hydrogen-bond donors (Lipinski definition) is 1. The Morgan fingerprint density at radius 1 is 1.18 bits per heavy atom. The maximum atomic E-state index is 8.95. The summed E-state index contributed by atoms with van der Waals surface area (Å²) in [5, 5.41) is 21.7. The van der Waals surface area contributed by atoms with Gasteiger partial charge in [-0.25, -0.2) is 4.68 Å². The first-order valence-corrected chi connectivity index (χ1v) is 4.98. The second-order valence-corrected chi connectivity index (χ2v) is 3.42. The van der Waals surface area contributed by atoms with Crippen molar-refractivity contribution in [1.29, 1.82) is 10.5 Å². The van der Waals surface area contributed by atoms with E-state index in [-0.39, 0.29) is 5.69 Å². The predicted molar refractivity (Wildman–Crippen MR) is 60.9 cm³/mol. The molecule has 1 aromatic carbocycles. The molecule has 0 bridgehead atoms. The van der Waals surface area contributed by atoms with Crippen LogP contribution in [-0.2, 0) is 6.54 Å². The summed E-state index contributed by atoms with van der Waals surface area (Å²) in [5.41, 5.74) is 7.80. The molecule has 5 nitrogen and oxygen atoms in total. The summed E-state index contributed by atoms with van der Waals surface area (Å²) >= 11 is 0. The molecule has 0 saturated heterocycles. The van der Waals surface area contributed by atoms with Crippen molar-refractivity contribution in [1.82, 2.24) is 9.78 Å². The first-order valence-electron chi connectivity index (χ1n) is 4.98. The number of nitriles is 2. The van der Waals surface area contributed by atoms with E-state index in [0.717, 1.165) is 11.3 Å². The van der Waals surface area contributed by atoms with Gasteiger partial charge in [-0.2, -0.15) is 15.6 Å². The third-order valence-electron chi connectivity index (χ3n) is 2.36. The van der Waals surface area contributed by atoms with Gasteiger partial charge in [-0.3, -0.25) is 0 Å². The van der Waals surface area contributed by atoms with E-state index in [4.69, 9.17) is 16.3 Å². The third kappa shape index (κ3) is 2.00. The molecule has 82 valence electrons. The van der Waals surface area contributed by atoms with Crippen LogP contribution in [0.5, 0.6) is 0 Å². The molecule has 0 unspecified atom stereocenters. The van der Waals surface area contributed by atoms with Crippen molar-refractivity contribution >= 4 is 0 Å². The predicted octanol–water partition coefficient (Wildman–Crippen LogP) is 1.07. The molecular formula is C12H9N5. The van der Waals surface area contributed by atoms with Gasteiger partial charge in [0, 0.05) is 12.6 Å². The Bertz CT molecular complexity index is 610. The Kier molecular flexibility index (Phi) is 2.87. The van der Waals surface area contributed by atoms with Crippen LogP contribution in [0.1, 0.15) is 17.0 Å². The van der Waals surface area contributed by atoms with Gasteiger partial charge in [0.15, 0.2) is 5.69 Å². The monoisotopic (exact) mass is 223 g/mol. The molecule has 0 atom stereocenters. The second-order valence-electron chi connectivity index (χ2n) is 3.42. The van der Waals surface area contributed by atoms with E-state index in [9.17, 15) is 0 Å². The molecule has 0 saturated carbocycles. The maximum absolute atomic E-state index is 8.95. The lowest BCUT2D eigenvalue weighted by molar-refractivity contribution is 0.858. The van der Waals surface area contributed by atoms with E-state index in [2.05, 4.69) is 5.10 Å². The number of hydrogen-bond acceptors (Lipinski definition) is 4. The molecule has 0 fully saturated rings. The molecule has 5 heteroatoms. The van der Waals surface area contributed by atoms with Gasteiger partial charge in [0.2, 0.25) is 0 Å². The summed E-state index contributed by atoms with van der Waals surface area (Å²) in [4.78, 5) is 0. The van der Waals surface area contributed by atoms with E-state index in [1.54, 1.807) is 0 Å². The molecular weight excluding hydrogens is 214 g/mol. The normalized spacial score (nSPS) is 9.59. The van der Waals surface area contributed by atoms with Crippen molar-refractivity contribution in [3.63, 3.8) is 0 Å². The Balaban J connectivity index is 2.49. The second kappa shape index (κ2) is 4.48. The van der Waals surface area contributed by atoms with Crippen molar-refractivity contribution in [2.24, 2.45) is 5.73 Å². The van der Waals surface area contributed by atoms with E-state index in [1.807, 2.05) is 36.4 Å². The fraction of sp³-hybridized carbons (Fsp3) is 0.0833. The van der Waals surface area contributed by atoms with Crippen LogP contribution < -0.4 is 5.73 Å². The molecule has 0 amide bonds. The highest BCUT2D eigenvalue weighted by atomic mass is 15.3. The molecule has 1 aromatic heterocycles. The van der Waals surface area contributed by atoms with Crippen LogP contribution in [-0.4, -0.2) is 9.78 Å². The van der Waals surface area contributed by atoms with Crippen LogP contribution in [0.4, 0.5) is 0 Å². The van der Waals surface area contributed by atoms with Crippen molar-refractivity contribution in [2.75, 3.05) is 0 Å². The molecule has 2 N–H and O–H groups in total. The highest BCUT2D eigenvalue weighted by Gasteiger charge is 2.08.